The van der Waals surface area contributed by atoms with Crippen molar-refractivity contribution in [1.82, 2.24) is 25.5 Å². The van der Waals surface area contributed by atoms with Crippen LogP contribution in [0.25, 0.3) is 0 Å². The number of aliphatic carboxylic acids is 2. The van der Waals surface area contributed by atoms with Crippen molar-refractivity contribution in [3.63, 3.8) is 0 Å². The highest BCUT2D eigenvalue weighted by atomic mass is 31.3. The molecule has 0 aliphatic carbocycles. The Kier molecular flexibility index (Phi) is 16.9. The molecule has 8 unspecified atom stereocenters. The molecule has 28 nitrogen and oxygen atoms in total. The maximum atomic E-state index is 13.0. The molecule has 0 spiro atoms. The summed E-state index contributed by atoms with van der Waals surface area (Å²) in [5.41, 5.74) is -1.85. The largest absolute Gasteiger partial charge is 0.483 e. The number of phosphoric acid groups is 2. The molecule has 1 aromatic heterocycles. The highest BCUT2D eigenvalue weighted by molar-refractivity contribution is 7.61. The first kappa shape index (κ1) is 48.4. The number of nitrogens with one attached hydrogen (secondary N) is 4. The fourth-order valence-corrected chi connectivity index (χ4v) is 7.58. The van der Waals surface area contributed by atoms with Gasteiger partial charge in [0.2, 0.25) is 17.7 Å². The van der Waals surface area contributed by atoms with Gasteiger partial charge in [0.25, 0.3) is 5.56 Å². The molecule has 3 heterocycles. The van der Waals surface area contributed by atoms with Crippen molar-refractivity contribution < 1.29 is 101 Å². The molecule has 3 rings (SSSR count). The molecule has 0 saturated carbocycles. The molecule has 2 fully saturated rings. The number of carbonyl (C=O) groups is 5. The quantitative estimate of drug-likeness (QED) is 0.0544. The van der Waals surface area contributed by atoms with Gasteiger partial charge in [-0.25, -0.2) is 18.7 Å². The van der Waals surface area contributed by atoms with Crippen molar-refractivity contribution in [3.8, 4) is 0 Å². The number of aliphatic hydroxyl groups excluding tert-OH is 4. The van der Waals surface area contributed by atoms with Crippen LogP contribution in [-0.2, 0) is 60.7 Å². The van der Waals surface area contributed by atoms with Crippen LogP contribution in [0.1, 0.15) is 39.8 Å². The lowest BCUT2D eigenvalue weighted by molar-refractivity contribution is -0.261. The molecule has 3 amide bonds. The third-order valence-corrected chi connectivity index (χ3v) is 10.9. The number of hydrogen-bond donors (Lipinski definition) is 12. The molecule has 58 heavy (non-hydrogen) atoms. The van der Waals surface area contributed by atoms with Gasteiger partial charge >= 0.3 is 33.3 Å². The Morgan fingerprint density at radius 3 is 2.17 bits per heavy atom. The molecule has 12 N–H and O–H groups in total. The molecule has 2 aliphatic rings. The number of carboxylic acids is 2. The highest BCUT2D eigenvalue weighted by Crippen LogP contribution is 2.61. The van der Waals surface area contributed by atoms with Crippen LogP contribution in [0.2, 0.25) is 0 Å². The van der Waals surface area contributed by atoms with Crippen molar-refractivity contribution in [2.24, 2.45) is 0 Å². The van der Waals surface area contributed by atoms with E-state index in [9.17, 15) is 78.0 Å². The van der Waals surface area contributed by atoms with Crippen molar-refractivity contribution >= 4 is 45.3 Å². The van der Waals surface area contributed by atoms with Crippen LogP contribution < -0.4 is 27.2 Å². The van der Waals surface area contributed by atoms with Crippen LogP contribution in [-0.4, -0.2) is 160 Å². The van der Waals surface area contributed by atoms with E-state index in [1.165, 1.54) is 0 Å². The Labute approximate surface area is 325 Å². The van der Waals surface area contributed by atoms with Gasteiger partial charge in [-0.2, -0.15) is 4.31 Å². The summed E-state index contributed by atoms with van der Waals surface area (Å²) in [4.78, 5) is 106. The number of aromatic nitrogens is 2. The van der Waals surface area contributed by atoms with Gasteiger partial charge in [-0.05, 0) is 20.3 Å². The normalized spacial score (nSPS) is 29.5. The van der Waals surface area contributed by atoms with Crippen LogP contribution in [0, 0.1) is 0 Å². The van der Waals surface area contributed by atoms with Crippen molar-refractivity contribution in [1.29, 1.82) is 0 Å². The number of H-pyrrole nitrogens is 1. The summed E-state index contributed by atoms with van der Waals surface area (Å²) in [5, 5.41) is 66.0. The second-order valence-electron chi connectivity index (χ2n) is 12.7. The van der Waals surface area contributed by atoms with Gasteiger partial charge in [0.1, 0.15) is 60.9 Å². The number of ether oxygens (including phenoxy) is 3. The van der Waals surface area contributed by atoms with Crippen LogP contribution >= 0.6 is 15.6 Å². The molecule has 0 aromatic carbocycles. The Bertz CT molecular complexity index is 1880. The Morgan fingerprint density at radius 2 is 1.60 bits per heavy atom. The highest BCUT2D eigenvalue weighted by Gasteiger charge is 2.52. The SMILES string of the molecule is CC(=O)NC1[C@H](OP(=O)(O)OP(=O)(O)OCC2OC(n3ccc(=O)[nH]c3=O)C(O)C2O)OC(CO)[C@@H](O)[C@@H]1O[C@H](C)C(=O)N[C@@H](C)C(=O)N[C@@H](CCC(=O)O)C(=O)O. The lowest BCUT2D eigenvalue weighted by Crippen LogP contribution is -2.66. The van der Waals surface area contributed by atoms with Crippen molar-refractivity contribution in [2.75, 3.05) is 13.2 Å². The van der Waals surface area contributed by atoms with E-state index in [4.69, 9.17) is 23.8 Å². The first-order valence-electron chi connectivity index (χ1n) is 16.8. The molecule has 30 heteroatoms. The summed E-state index contributed by atoms with van der Waals surface area (Å²) in [7, 11) is -11.6. The minimum Gasteiger partial charge on any atom is -0.481 e. The van der Waals surface area contributed by atoms with Crippen LogP contribution in [0.5, 0.6) is 0 Å². The molecule has 14 atom stereocenters. The zero-order valence-corrected chi connectivity index (χ0v) is 32.2. The number of carbonyl (C=O) groups excluding carboxylic acids is 3. The number of aromatic amines is 1. The van der Waals surface area contributed by atoms with Crippen molar-refractivity contribution in [2.45, 2.75) is 107 Å². The van der Waals surface area contributed by atoms with Gasteiger partial charge in [0.15, 0.2) is 12.5 Å². The molecule has 0 radical (unpaired) electrons. The number of rotatable bonds is 20. The Balaban J connectivity index is 1.71. The van der Waals surface area contributed by atoms with E-state index in [2.05, 4.69) is 24.8 Å². The zero-order valence-electron chi connectivity index (χ0n) is 30.5. The second-order valence-corrected chi connectivity index (χ2v) is 15.7. The minimum absolute atomic E-state index is 0.483. The number of nitrogens with zero attached hydrogens (tertiary/aromatic N) is 1. The lowest BCUT2D eigenvalue weighted by Gasteiger charge is -2.44. The summed E-state index contributed by atoms with van der Waals surface area (Å²) >= 11 is 0. The average molecular weight is 880 g/mol. The lowest BCUT2D eigenvalue weighted by atomic mass is 9.96. The van der Waals surface area contributed by atoms with Gasteiger partial charge in [0, 0.05) is 25.6 Å². The van der Waals surface area contributed by atoms with Crippen LogP contribution in [0.4, 0.5) is 0 Å². The van der Waals surface area contributed by atoms with Crippen LogP contribution in [0.3, 0.4) is 0 Å². The maximum absolute atomic E-state index is 13.0. The molecular formula is C28H43N5O23P2. The third kappa shape index (κ3) is 13.3. The number of hydrogen-bond acceptors (Lipinski definition) is 19. The van der Waals surface area contributed by atoms with Gasteiger partial charge < -0.3 is 70.6 Å². The summed E-state index contributed by atoms with van der Waals surface area (Å²) in [6, 6.07) is -4.07. The fraction of sp³-hybridized carbons (Fsp3) is 0.679. The summed E-state index contributed by atoms with van der Waals surface area (Å²) in [6.45, 7) is 0.948. The van der Waals surface area contributed by atoms with E-state index in [-0.39, 0.29) is 0 Å². The number of phosphoric ester groups is 2. The zero-order chi connectivity index (χ0) is 43.9. The molecule has 328 valence electrons. The molecule has 1 aromatic rings. The Hall–Kier alpha value is -3.99. The van der Waals surface area contributed by atoms with E-state index < -0.39 is 156 Å². The standard InChI is InChI=1S/C28H43N5O23P2/c1-10(23(42)31-13(26(44)45)4-5-17(37)38)29-24(43)11(2)52-22-18(30-12(3)35)27(54-14(8-34)20(22)40)55-58(49,50)56-57(47,48)51-9-15-19(39)21(41)25(53-15)33-7-6-16(36)32-28(33)46/h6-7,10-11,13-15,18-22,25,27,34,39-41H,4-5,8-9H2,1-3H3,(H,29,43)(H,30,35)(H,31,42)(H,37,38)(H,44,45)(H,47,48)(H,49,50)(H,32,36,46)/t10-,11+,13-,14?,15?,18?,19?,20+,21?,22+,25?,27-/m0/s1. The van der Waals surface area contributed by atoms with Crippen LogP contribution in [0.15, 0.2) is 21.9 Å². The van der Waals surface area contributed by atoms with Gasteiger partial charge in [0.05, 0.1) is 13.2 Å². The van der Waals surface area contributed by atoms with Gasteiger partial charge in [-0.3, -0.25) is 42.6 Å². The van der Waals surface area contributed by atoms with E-state index in [0.717, 1.165) is 33.0 Å². The predicted molar refractivity (Wildman–Crippen MR) is 183 cm³/mol. The first-order valence-corrected chi connectivity index (χ1v) is 19.8. The monoisotopic (exact) mass is 879 g/mol. The predicted octanol–water partition coefficient (Wildman–Crippen LogP) is -5.30. The van der Waals surface area contributed by atoms with Gasteiger partial charge in [-0.15, -0.1) is 0 Å². The van der Waals surface area contributed by atoms with Crippen molar-refractivity contribution in [3.05, 3.63) is 33.1 Å². The third-order valence-electron chi connectivity index (χ3n) is 8.28. The van der Waals surface area contributed by atoms with E-state index in [1.54, 1.807) is 0 Å². The average Bonchev–Trinajstić information content (AvgIpc) is 3.39. The van der Waals surface area contributed by atoms with E-state index in [0.29, 0.717) is 4.57 Å². The Morgan fingerprint density at radius 1 is 0.948 bits per heavy atom. The molecule has 2 saturated heterocycles. The summed E-state index contributed by atoms with van der Waals surface area (Å²) < 4.78 is 56.5. The first-order chi connectivity index (χ1) is 26.9. The van der Waals surface area contributed by atoms with E-state index >= 15 is 0 Å². The maximum Gasteiger partial charge on any atom is 0.483 e. The van der Waals surface area contributed by atoms with E-state index in [1.807, 2.05) is 4.98 Å². The summed E-state index contributed by atoms with van der Waals surface area (Å²) in [6.07, 6.45) is -16.8. The number of aliphatic hydroxyl groups is 4. The summed E-state index contributed by atoms with van der Waals surface area (Å²) in [5.74, 6) is -5.94. The molecular weight excluding hydrogens is 836 g/mol. The topological polar surface area (TPSA) is 428 Å². The molecule has 0 bridgehead atoms. The number of carboxylic acid groups (broad SMARTS) is 2. The molecule has 2 aliphatic heterocycles. The smallest absolute Gasteiger partial charge is 0.481 e. The number of amides is 3. The van der Waals surface area contributed by atoms with Gasteiger partial charge in [-0.1, -0.05) is 0 Å². The fourth-order valence-electron chi connectivity index (χ4n) is 5.42. The second kappa shape index (κ2) is 20.3. The minimum atomic E-state index is -5.88.